The van der Waals surface area contributed by atoms with Gasteiger partial charge in [-0.05, 0) is 73.6 Å². The highest BCUT2D eigenvalue weighted by molar-refractivity contribution is 6.38. The van der Waals surface area contributed by atoms with Crippen molar-refractivity contribution in [2.24, 2.45) is 11.3 Å². The smallest absolute Gasteiger partial charge is 0.290 e. The summed E-state index contributed by atoms with van der Waals surface area (Å²) in [5, 5.41) is 11.6. The molecule has 4 aliphatic rings. The minimum absolute atomic E-state index is 0.00469. The summed E-state index contributed by atoms with van der Waals surface area (Å²) in [6.07, 6.45) is 10.3. The van der Waals surface area contributed by atoms with E-state index in [1.165, 1.54) is 23.5 Å². The van der Waals surface area contributed by atoms with Gasteiger partial charge in [-0.25, -0.2) is 4.98 Å². The van der Waals surface area contributed by atoms with Crippen molar-refractivity contribution in [3.05, 3.63) is 90.0 Å². The Labute approximate surface area is 398 Å². The number of fused-ring (bicyclic) bond motifs is 2. The highest BCUT2D eigenvalue weighted by atomic mass is 16.5. The molecule has 3 saturated heterocycles. The summed E-state index contributed by atoms with van der Waals surface area (Å²) in [4.78, 5) is 115. The summed E-state index contributed by atoms with van der Waals surface area (Å²) in [5.74, 6) is -3.71. The second-order valence-electron chi connectivity index (χ2n) is 19.9. The zero-order valence-corrected chi connectivity index (χ0v) is 40.2. The summed E-state index contributed by atoms with van der Waals surface area (Å²) in [5.41, 5.74) is -0.420. The highest BCUT2D eigenvalue weighted by Crippen LogP contribution is 2.47. The van der Waals surface area contributed by atoms with Crippen LogP contribution in [0.4, 0.5) is 0 Å². The summed E-state index contributed by atoms with van der Waals surface area (Å²) in [6, 6.07) is 11.0. The first-order chi connectivity index (χ1) is 32.6. The fraction of sp³-hybridized carbons (Fsp3) is 0.549. The number of ether oxygens (including phenoxy) is 1. The Hall–Kier alpha value is -6.23. The maximum atomic E-state index is 15.6. The molecule has 3 aliphatic heterocycles. The van der Waals surface area contributed by atoms with E-state index in [9.17, 15) is 24.0 Å². The number of hydrogen-bond donors (Lipinski definition) is 4. The molecule has 364 valence electrons. The average Bonchev–Trinajstić information content (AvgIpc) is 4.05. The van der Waals surface area contributed by atoms with Gasteiger partial charge in [0.25, 0.3) is 11.8 Å². The van der Waals surface area contributed by atoms with Crippen molar-refractivity contribution >= 4 is 41.2 Å². The molecule has 2 unspecified atom stereocenters. The lowest BCUT2D eigenvalue weighted by molar-refractivity contribution is -0.146. The number of carbonyl (C=O) groups is 7. The molecule has 6 amide bonds. The summed E-state index contributed by atoms with van der Waals surface area (Å²) >= 11 is 0. The Kier molecular flexibility index (Phi) is 15.6. The van der Waals surface area contributed by atoms with Crippen molar-refractivity contribution in [2.45, 2.75) is 147 Å². The van der Waals surface area contributed by atoms with Crippen LogP contribution < -0.4 is 26.0 Å². The predicted molar refractivity (Wildman–Crippen MR) is 252 cm³/mol. The Morgan fingerprint density at radius 1 is 0.897 bits per heavy atom. The fourth-order valence-electron chi connectivity index (χ4n) is 10.6. The number of hydrogen-bond acceptors (Lipinski definition) is 11. The number of methoxy groups -OCH3 is 1. The van der Waals surface area contributed by atoms with Gasteiger partial charge in [0.05, 0.1) is 38.0 Å². The van der Waals surface area contributed by atoms with E-state index in [2.05, 4.69) is 36.1 Å². The van der Waals surface area contributed by atoms with Gasteiger partial charge in [0.1, 0.15) is 35.2 Å². The number of Topliss-reactive ketones (excluding diaryl/α,β-unsaturated/α-hetero) is 1. The molecule has 1 aliphatic carbocycles. The number of amides is 6. The lowest BCUT2D eigenvalue weighted by Crippen LogP contribution is -2.62. The largest absolute Gasteiger partial charge is 0.497 e. The first kappa shape index (κ1) is 49.7. The first-order valence-electron chi connectivity index (χ1n) is 24.1. The van der Waals surface area contributed by atoms with Crippen LogP contribution in [-0.4, -0.2) is 122 Å². The number of carbonyl (C=O) groups excluding carboxylic acids is 7. The maximum Gasteiger partial charge on any atom is 0.290 e. The molecular weight excluding hydrogens is 867 g/mol. The van der Waals surface area contributed by atoms with Gasteiger partial charge in [0.15, 0.2) is 0 Å². The van der Waals surface area contributed by atoms with Crippen LogP contribution >= 0.6 is 0 Å². The highest BCUT2D eigenvalue weighted by Gasteiger charge is 2.65. The maximum absolute atomic E-state index is 15.6. The molecule has 17 nitrogen and oxygen atoms in total. The molecule has 68 heavy (non-hydrogen) atoms. The van der Waals surface area contributed by atoms with Crippen molar-refractivity contribution in [2.75, 3.05) is 20.2 Å². The van der Waals surface area contributed by atoms with Gasteiger partial charge in [-0.2, -0.15) is 0 Å². The number of likely N-dealkylation sites (tertiary alicyclic amines) is 1. The van der Waals surface area contributed by atoms with Crippen molar-refractivity contribution in [1.82, 2.24) is 45.9 Å². The number of nitrogens with one attached hydrogen (secondary N) is 4. The van der Waals surface area contributed by atoms with Crippen LogP contribution in [0.2, 0.25) is 0 Å². The van der Waals surface area contributed by atoms with Gasteiger partial charge in [-0.3, -0.25) is 43.4 Å². The van der Waals surface area contributed by atoms with Crippen molar-refractivity contribution < 1.29 is 38.3 Å². The third-order valence-electron chi connectivity index (χ3n) is 14.2. The lowest BCUT2D eigenvalue weighted by atomic mass is 9.82. The van der Waals surface area contributed by atoms with E-state index in [0.717, 1.165) is 36.8 Å². The predicted octanol–water partition coefficient (Wildman–Crippen LogP) is 4.23. The molecule has 7 rings (SSSR count). The molecule has 1 spiro atoms. The van der Waals surface area contributed by atoms with E-state index in [1.807, 2.05) is 82.3 Å². The lowest BCUT2D eigenvalue weighted by Gasteiger charge is -2.41. The number of ketones is 1. The van der Waals surface area contributed by atoms with Crippen molar-refractivity contribution in [3.8, 4) is 5.75 Å². The molecule has 7 atom stereocenters. The molecule has 17 heteroatoms. The van der Waals surface area contributed by atoms with Crippen molar-refractivity contribution in [3.63, 3.8) is 0 Å². The summed E-state index contributed by atoms with van der Waals surface area (Å²) in [6.45, 7) is 9.72. The zero-order valence-electron chi connectivity index (χ0n) is 40.2. The van der Waals surface area contributed by atoms with Gasteiger partial charge < -0.3 is 35.8 Å². The number of rotatable bonds is 17. The normalized spacial score (nSPS) is 22.5. The van der Waals surface area contributed by atoms with Gasteiger partial charge in [0, 0.05) is 31.9 Å². The molecule has 0 radical (unpaired) electrons. The van der Waals surface area contributed by atoms with Crippen LogP contribution in [0.5, 0.6) is 5.75 Å². The molecule has 2 aromatic carbocycles. The van der Waals surface area contributed by atoms with Gasteiger partial charge in [-0.15, -0.1) is 0 Å². The Morgan fingerprint density at radius 2 is 1.65 bits per heavy atom. The Morgan fingerprint density at radius 3 is 2.32 bits per heavy atom. The van der Waals surface area contributed by atoms with Crippen LogP contribution in [0, 0.1) is 11.3 Å². The van der Waals surface area contributed by atoms with E-state index in [0.29, 0.717) is 38.0 Å². The van der Waals surface area contributed by atoms with Crippen LogP contribution in [0.15, 0.2) is 73.2 Å². The van der Waals surface area contributed by atoms with Gasteiger partial charge in [0.2, 0.25) is 29.4 Å². The molecular formula is C51H67N9O8. The third-order valence-corrected chi connectivity index (χ3v) is 14.2. The summed E-state index contributed by atoms with van der Waals surface area (Å²) < 4.78 is 5.52. The topological polar surface area (TPSA) is 212 Å². The second-order valence-corrected chi connectivity index (χ2v) is 19.9. The van der Waals surface area contributed by atoms with Crippen LogP contribution in [0.1, 0.15) is 126 Å². The zero-order chi connectivity index (χ0) is 48.8. The van der Waals surface area contributed by atoms with E-state index in [-0.39, 0.29) is 43.5 Å². The molecule has 3 aromatic rings. The molecule has 4 fully saturated rings. The average molecular weight is 934 g/mol. The fourth-order valence-corrected chi connectivity index (χ4v) is 10.6. The Balaban J connectivity index is 1.23. The molecule has 1 aromatic heterocycles. The molecule has 0 bridgehead atoms. The van der Waals surface area contributed by atoms with E-state index in [1.54, 1.807) is 18.9 Å². The van der Waals surface area contributed by atoms with Gasteiger partial charge in [-0.1, -0.05) is 95.8 Å². The van der Waals surface area contributed by atoms with E-state index >= 15 is 9.59 Å². The van der Waals surface area contributed by atoms with E-state index in [4.69, 9.17) is 4.74 Å². The summed E-state index contributed by atoms with van der Waals surface area (Å²) in [7, 11) is 1.57. The standard InChI is InChI=1S/C51H67N9O8/c1-7-16-37(42(61)47(65)54-32(2)34-18-10-8-11-19-34)55-45(63)40-28-51(59-26-15-23-39(59)48(66)60(51)30-33-17-14-22-36(27-33)68-6)31-58(40)49(67)43(50(3,4)5)57-46(64)41(35-20-12-9-13-21-35)56-44(62)38-29-52-24-25-53-38/h8,10-11,14,17-19,22,24-25,27,29,32,35,37,39-41,43H,7,9,12-13,15-16,20-21,23,26,28,30-31H2,1-6H3,(H,54,65)(H,55,63)(H,56,62)(H,57,64)/t32-,37?,39-,40-,41-,43+,51?/m0/s1. The Bertz CT molecular complexity index is 2320. The molecule has 4 N–H and O–H groups in total. The monoisotopic (exact) mass is 934 g/mol. The molecule has 1 saturated carbocycles. The number of aromatic nitrogens is 2. The minimum Gasteiger partial charge on any atom is -0.497 e. The SMILES string of the molecule is CCCC(NC(=O)[C@@H]1CC2(CN1C(=O)[C@@H](NC(=O)[C@@H](NC(=O)c1cnccn1)C1CCCCC1)C(C)(C)C)N(Cc1cccc(OC)c1)C(=O)[C@@H]1CCCN12)C(=O)C(=O)N[C@@H](C)c1ccccc1. The second kappa shape index (κ2) is 21.4. The minimum atomic E-state index is -1.23. The quantitative estimate of drug-likeness (QED) is 0.141. The number of nitrogens with zero attached hydrogens (tertiary/aromatic N) is 5. The van der Waals surface area contributed by atoms with Crippen LogP contribution in [0.25, 0.3) is 0 Å². The van der Waals surface area contributed by atoms with Crippen molar-refractivity contribution in [1.29, 1.82) is 0 Å². The van der Waals surface area contributed by atoms with Gasteiger partial charge >= 0.3 is 0 Å². The number of benzene rings is 2. The van der Waals surface area contributed by atoms with E-state index < -0.39 is 82.6 Å². The molecule has 4 heterocycles. The first-order valence-corrected chi connectivity index (χ1v) is 24.1. The third kappa shape index (κ3) is 10.7. The van der Waals surface area contributed by atoms with Crippen LogP contribution in [0.3, 0.4) is 0 Å². The van der Waals surface area contributed by atoms with Crippen LogP contribution in [-0.2, 0) is 35.3 Å².